The predicted octanol–water partition coefficient (Wildman–Crippen LogP) is 2.95. The highest BCUT2D eigenvalue weighted by atomic mass is 16.5. The van der Waals surface area contributed by atoms with Gasteiger partial charge < -0.3 is 15.4 Å². The molecule has 1 fully saturated rings. The van der Waals surface area contributed by atoms with E-state index in [0.29, 0.717) is 6.54 Å². The lowest BCUT2D eigenvalue weighted by Gasteiger charge is -2.41. The lowest BCUT2D eigenvalue weighted by atomic mass is 9.77. The van der Waals surface area contributed by atoms with Crippen molar-refractivity contribution in [1.82, 2.24) is 4.90 Å². The molecule has 4 heteroatoms. The largest absolute Gasteiger partial charge is 0.361 e. The third-order valence-corrected chi connectivity index (χ3v) is 4.93. The summed E-state index contributed by atoms with van der Waals surface area (Å²) < 4.78 is 6.18. The molecule has 0 spiro atoms. The maximum Gasteiger partial charge on any atom is 0.251 e. The Morgan fingerprint density at radius 1 is 1.29 bits per heavy atom. The zero-order valence-electron chi connectivity index (χ0n) is 14.4. The smallest absolute Gasteiger partial charge is 0.251 e. The van der Waals surface area contributed by atoms with Gasteiger partial charge in [-0.1, -0.05) is 19.8 Å². The summed E-state index contributed by atoms with van der Waals surface area (Å²) in [6.45, 7) is 10.1. The first kappa shape index (κ1) is 18.4. The molecule has 0 aromatic carbocycles. The molecule has 1 atom stereocenters. The molecule has 1 saturated carbocycles. The monoisotopic (exact) mass is 298 g/mol. The summed E-state index contributed by atoms with van der Waals surface area (Å²) in [5, 5.41) is 0. The number of likely N-dealkylation sites (N-methyl/N-ethyl adjacent to an activating group) is 1. The second-order valence-electron chi connectivity index (χ2n) is 6.39. The molecule has 0 aliphatic heterocycles. The van der Waals surface area contributed by atoms with Crippen LogP contribution in [0.1, 0.15) is 66.2 Å². The summed E-state index contributed by atoms with van der Waals surface area (Å²) >= 11 is 0. The van der Waals surface area contributed by atoms with E-state index in [0.717, 1.165) is 31.8 Å². The van der Waals surface area contributed by atoms with Gasteiger partial charge in [0.05, 0.1) is 5.60 Å². The molecule has 0 aromatic rings. The summed E-state index contributed by atoms with van der Waals surface area (Å²) in [6.07, 6.45) is 6.49. The van der Waals surface area contributed by atoms with Gasteiger partial charge in [-0.3, -0.25) is 4.79 Å². The van der Waals surface area contributed by atoms with Crippen LogP contribution in [0, 0.1) is 5.92 Å². The quantitative estimate of drug-likeness (QED) is 0.749. The summed E-state index contributed by atoms with van der Waals surface area (Å²) in [5.74, 6) is 0.899. The average Bonchev–Trinajstić information content (AvgIpc) is 2.50. The predicted molar refractivity (Wildman–Crippen MR) is 87.1 cm³/mol. The second kappa shape index (κ2) is 8.74. The molecule has 0 heterocycles. The second-order valence-corrected chi connectivity index (χ2v) is 6.39. The van der Waals surface area contributed by atoms with Crippen molar-refractivity contribution in [2.24, 2.45) is 11.7 Å². The van der Waals surface area contributed by atoms with Gasteiger partial charge in [-0.2, -0.15) is 0 Å². The van der Waals surface area contributed by atoms with Crippen molar-refractivity contribution in [3.05, 3.63) is 0 Å². The van der Waals surface area contributed by atoms with Gasteiger partial charge in [-0.15, -0.1) is 0 Å². The molecule has 1 aliphatic rings. The van der Waals surface area contributed by atoms with Crippen molar-refractivity contribution in [2.75, 3.05) is 19.6 Å². The highest BCUT2D eigenvalue weighted by Gasteiger charge is 2.38. The van der Waals surface area contributed by atoms with Crippen LogP contribution in [-0.4, -0.2) is 42.1 Å². The standard InChI is InChI=1S/C17H34N2O2/c1-5-8-15-9-11-17(13-18,12-10-15)21-14(4)16(20)19(6-2)7-3/h14-15H,5-13,18H2,1-4H3. The number of hydrogen-bond acceptors (Lipinski definition) is 3. The lowest BCUT2D eigenvalue weighted by Crippen LogP contribution is -2.49. The van der Waals surface area contributed by atoms with Crippen LogP contribution in [0.2, 0.25) is 0 Å². The van der Waals surface area contributed by atoms with Gasteiger partial charge in [-0.05, 0) is 52.4 Å². The summed E-state index contributed by atoms with van der Waals surface area (Å²) in [6, 6.07) is 0. The first-order valence-electron chi connectivity index (χ1n) is 8.68. The number of carbonyl (C=O) groups excluding carboxylic acids is 1. The van der Waals surface area contributed by atoms with Crippen molar-refractivity contribution in [3.8, 4) is 0 Å². The molecule has 0 aromatic heterocycles. The number of nitrogens with zero attached hydrogens (tertiary/aromatic N) is 1. The molecule has 0 saturated heterocycles. The molecular weight excluding hydrogens is 264 g/mol. The third kappa shape index (κ3) is 4.96. The van der Waals surface area contributed by atoms with Crippen LogP contribution in [0.25, 0.3) is 0 Å². The first-order valence-corrected chi connectivity index (χ1v) is 8.68. The highest BCUT2D eigenvalue weighted by molar-refractivity contribution is 5.80. The Morgan fingerprint density at radius 2 is 1.86 bits per heavy atom. The van der Waals surface area contributed by atoms with Crippen LogP contribution in [0.3, 0.4) is 0 Å². The van der Waals surface area contributed by atoms with Crippen LogP contribution in [-0.2, 0) is 9.53 Å². The molecule has 4 nitrogen and oxygen atoms in total. The summed E-state index contributed by atoms with van der Waals surface area (Å²) in [7, 11) is 0. The number of ether oxygens (including phenoxy) is 1. The van der Waals surface area contributed by atoms with Crippen LogP contribution < -0.4 is 5.73 Å². The minimum Gasteiger partial charge on any atom is -0.361 e. The fourth-order valence-corrected chi connectivity index (χ4v) is 3.49. The van der Waals surface area contributed by atoms with E-state index in [4.69, 9.17) is 10.5 Å². The van der Waals surface area contributed by atoms with Crippen molar-refractivity contribution in [3.63, 3.8) is 0 Å². The SMILES string of the molecule is CCCC1CCC(CN)(OC(C)C(=O)N(CC)CC)CC1. The van der Waals surface area contributed by atoms with Gasteiger partial charge in [0.2, 0.25) is 0 Å². The third-order valence-electron chi connectivity index (χ3n) is 4.93. The van der Waals surface area contributed by atoms with Gasteiger partial charge in [-0.25, -0.2) is 0 Å². The van der Waals surface area contributed by atoms with E-state index < -0.39 is 6.10 Å². The molecule has 124 valence electrons. The molecule has 1 amide bonds. The summed E-state index contributed by atoms with van der Waals surface area (Å²) in [5.41, 5.74) is 5.71. The van der Waals surface area contributed by atoms with Crippen LogP contribution in [0.15, 0.2) is 0 Å². The molecule has 0 bridgehead atoms. The minimum absolute atomic E-state index is 0.0866. The number of carbonyl (C=O) groups is 1. The minimum atomic E-state index is -0.392. The van der Waals surface area contributed by atoms with Gasteiger partial charge in [0, 0.05) is 19.6 Å². The Balaban J connectivity index is 2.59. The van der Waals surface area contributed by atoms with Crippen LogP contribution in [0.5, 0.6) is 0 Å². The average molecular weight is 298 g/mol. The zero-order chi connectivity index (χ0) is 15.9. The van der Waals surface area contributed by atoms with Gasteiger partial charge in [0.25, 0.3) is 5.91 Å². The van der Waals surface area contributed by atoms with Crippen molar-refractivity contribution in [2.45, 2.75) is 77.9 Å². The Morgan fingerprint density at radius 3 is 2.29 bits per heavy atom. The van der Waals surface area contributed by atoms with Gasteiger partial charge in [0.1, 0.15) is 6.10 Å². The maximum absolute atomic E-state index is 12.4. The fraction of sp³-hybridized carbons (Fsp3) is 0.941. The molecule has 0 radical (unpaired) electrons. The van der Waals surface area contributed by atoms with E-state index in [2.05, 4.69) is 6.92 Å². The van der Waals surface area contributed by atoms with Crippen LogP contribution >= 0.6 is 0 Å². The highest BCUT2D eigenvalue weighted by Crippen LogP contribution is 2.37. The van der Waals surface area contributed by atoms with Crippen molar-refractivity contribution in [1.29, 1.82) is 0 Å². The lowest BCUT2D eigenvalue weighted by molar-refractivity contribution is -0.159. The van der Waals surface area contributed by atoms with E-state index in [1.165, 1.54) is 25.7 Å². The van der Waals surface area contributed by atoms with E-state index in [1.807, 2.05) is 25.7 Å². The van der Waals surface area contributed by atoms with Gasteiger partial charge in [0.15, 0.2) is 0 Å². The molecular formula is C17H34N2O2. The normalized spacial score (nSPS) is 27.4. The Bertz CT molecular complexity index is 308. The number of hydrogen-bond donors (Lipinski definition) is 1. The molecule has 1 rings (SSSR count). The van der Waals surface area contributed by atoms with Crippen molar-refractivity contribution < 1.29 is 9.53 Å². The van der Waals surface area contributed by atoms with Crippen LogP contribution in [0.4, 0.5) is 0 Å². The first-order chi connectivity index (χ1) is 10.0. The Labute approximate surface area is 130 Å². The zero-order valence-corrected chi connectivity index (χ0v) is 14.4. The number of amides is 1. The maximum atomic E-state index is 12.4. The topological polar surface area (TPSA) is 55.6 Å². The van der Waals surface area contributed by atoms with E-state index in [-0.39, 0.29) is 11.5 Å². The molecule has 1 aliphatic carbocycles. The molecule has 2 N–H and O–H groups in total. The number of nitrogens with two attached hydrogens (primary N) is 1. The van der Waals surface area contributed by atoms with E-state index >= 15 is 0 Å². The van der Waals surface area contributed by atoms with Gasteiger partial charge >= 0.3 is 0 Å². The summed E-state index contributed by atoms with van der Waals surface area (Å²) in [4.78, 5) is 14.2. The Kier molecular flexibility index (Phi) is 7.67. The van der Waals surface area contributed by atoms with Crippen molar-refractivity contribution >= 4 is 5.91 Å². The van der Waals surface area contributed by atoms with E-state index in [1.54, 1.807) is 0 Å². The number of rotatable bonds is 8. The molecule has 21 heavy (non-hydrogen) atoms. The Hall–Kier alpha value is -0.610. The molecule has 1 unspecified atom stereocenters. The van der Waals surface area contributed by atoms with E-state index in [9.17, 15) is 4.79 Å². The fourth-order valence-electron chi connectivity index (χ4n) is 3.49.